The molecule has 0 bridgehead atoms. The van der Waals surface area contributed by atoms with Gasteiger partial charge >= 0.3 is 0 Å². The number of amides is 1. The first kappa shape index (κ1) is 14.7. The van der Waals surface area contributed by atoms with Crippen LogP contribution in [0.15, 0.2) is 53.9 Å². The van der Waals surface area contributed by atoms with Crippen LogP contribution >= 0.6 is 0 Å². The van der Waals surface area contributed by atoms with Crippen molar-refractivity contribution in [3.8, 4) is 0 Å². The molecule has 0 aliphatic rings. The second-order valence-corrected chi connectivity index (χ2v) is 4.82. The van der Waals surface area contributed by atoms with Gasteiger partial charge in [-0.1, -0.05) is 0 Å². The smallest absolute Gasteiger partial charge is 0.271 e. The van der Waals surface area contributed by atoms with E-state index in [0.29, 0.717) is 5.56 Å². The molecule has 0 unspecified atom stereocenters. The molecule has 0 aliphatic heterocycles. The van der Waals surface area contributed by atoms with E-state index in [1.807, 2.05) is 50.2 Å². The Labute approximate surface area is 124 Å². The van der Waals surface area contributed by atoms with Gasteiger partial charge in [-0.3, -0.25) is 9.78 Å². The molecule has 1 heterocycles. The first-order valence-electron chi connectivity index (χ1n) is 6.60. The lowest BCUT2D eigenvalue weighted by Crippen LogP contribution is -2.19. The van der Waals surface area contributed by atoms with Crippen molar-refractivity contribution < 1.29 is 4.79 Å². The molecule has 0 fully saturated rings. The summed E-state index contributed by atoms with van der Waals surface area (Å²) in [6.45, 7) is 1.84. The fourth-order valence-electron chi connectivity index (χ4n) is 1.77. The number of hydrazone groups is 1. The third-order valence-electron chi connectivity index (χ3n) is 3.07. The molecule has 1 amide bonds. The summed E-state index contributed by atoms with van der Waals surface area (Å²) in [5.74, 6) is -0.228. The number of nitrogens with zero attached hydrogens (tertiary/aromatic N) is 3. The number of hydrogen-bond donors (Lipinski definition) is 1. The van der Waals surface area contributed by atoms with Gasteiger partial charge in [0.1, 0.15) is 0 Å². The highest BCUT2D eigenvalue weighted by Gasteiger charge is 2.05. The van der Waals surface area contributed by atoms with Gasteiger partial charge in [0.25, 0.3) is 5.91 Å². The van der Waals surface area contributed by atoms with Crippen LogP contribution in [-0.2, 0) is 0 Å². The van der Waals surface area contributed by atoms with Crippen LogP contribution < -0.4 is 10.3 Å². The van der Waals surface area contributed by atoms with Gasteiger partial charge < -0.3 is 4.90 Å². The SMILES string of the molecule is C/C(=N\NC(=O)c1ccc(N(C)C)cc1)c1ccncc1. The molecule has 0 radical (unpaired) electrons. The summed E-state index contributed by atoms with van der Waals surface area (Å²) in [6, 6.07) is 11.0. The minimum absolute atomic E-state index is 0.228. The van der Waals surface area contributed by atoms with Gasteiger partial charge in [0.15, 0.2) is 0 Å². The predicted molar refractivity (Wildman–Crippen MR) is 84.7 cm³/mol. The van der Waals surface area contributed by atoms with E-state index in [0.717, 1.165) is 17.0 Å². The summed E-state index contributed by atoms with van der Waals surface area (Å²) in [4.78, 5) is 17.9. The van der Waals surface area contributed by atoms with Crippen LogP contribution in [0.1, 0.15) is 22.8 Å². The maximum Gasteiger partial charge on any atom is 0.271 e. The first-order valence-corrected chi connectivity index (χ1v) is 6.60. The van der Waals surface area contributed by atoms with Gasteiger partial charge in [-0.05, 0) is 43.3 Å². The summed E-state index contributed by atoms with van der Waals surface area (Å²) < 4.78 is 0. The number of rotatable bonds is 4. The quantitative estimate of drug-likeness (QED) is 0.691. The lowest BCUT2D eigenvalue weighted by molar-refractivity contribution is 0.0955. The van der Waals surface area contributed by atoms with E-state index < -0.39 is 0 Å². The number of anilines is 1. The molecule has 0 spiro atoms. The molecular weight excluding hydrogens is 264 g/mol. The van der Waals surface area contributed by atoms with E-state index in [4.69, 9.17) is 0 Å². The number of benzene rings is 1. The fraction of sp³-hybridized carbons (Fsp3) is 0.188. The molecule has 0 atom stereocenters. The Morgan fingerprint density at radius 2 is 1.67 bits per heavy atom. The number of carbonyl (C=O) groups is 1. The Bertz CT molecular complexity index is 633. The normalized spacial score (nSPS) is 11.1. The van der Waals surface area contributed by atoms with Crippen LogP contribution in [0.2, 0.25) is 0 Å². The molecule has 5 nitrogen and oxygen atoms in total. The summed E-state index contributed by atoms with van der Waals surface area (Å²) in [5, 5.41) is 4.11. The third-order valence-corrected chi connectivity index (χ3v) is 3.07. The average Bonchev–Trinajstić information content (AvgIpc) is 2.53. The van der Waals surface area contributed by atoms with Crippen molar-refractivity contribution in [2.45, 2.75) is 6.92 Å². The zero-order valence-electron chi connectivity index (χ0n) is 12.4. The summed E-state index contributed by atoms with van der Waals surface area (Å²) in [6.07, 6.45) is 3.38. The van der Waals surface area contributed by atoms with Crippen molar-refractivity contribution in [1.29, 1.82) is 0 Å². The standard InChI is InChI=1S/C16H18N4O/c1-12(13-8-10-17-11-9-13)18-19-16(21)14-4-6-15(7-5-14)20(2)3/h4-11H,1-3H3,(H,19,21)/b18-12+. The van der Waals surface area contributed by atoms with Gasteiger partial charge in [-0.2, -0.15) is 5.10 Å². The number of carbonyl (C=O) groups excluding carboxylic acids is 1. The number of hydrogen-bond acceptors (Lipinski definition) is 4. The van der Waals surface area contributed by atoms with Gasteiger partial charge in [-0.25, -0.2) is 5.43 Å². The highest BCUT2D eigenvalue weighted by Crippen LogP contribution is 2.12. The van der Waals surface area contributed by atoms with Crippen molar-refractivity contribution in [3.05, 3.63) is 59.9 Å². The summed E-state index contributed by atoms with van der Waals surface area (Å²) in [5.41, 5.74) is 5.84. The van der Waals surface area contributed by atoms with Crippen LogP contribution in [0.3, 0.4) is 0 Å². The highest BCUT2D eigenvalue weighted by atomic mass is 16.2. The maximum absolute atomic E-state index is 12.0. The number of aromatic nitrogens is 1. The van der Waals surface area contributed by atoms with Crippen LogP contribution in [0, 0.1) is 0 Å². The fourth-order valence-corrected chi connectivity index (χ4v) is 1.77. The molecule has 0 saturated carbocycles. The van der Waals surface area contributed by atoms with Gasteiger partial charge in [0, 0.05) is 43.3 Å². The highest BCUT2D eigenvalue weighted by molar-refractivity contribution is 6.00. The van der Waals surface area contributed by atoms with Crippen LogP contribution in [0.25, 0.3) is 0 Å². The van der Waals surface area contributed by atoms with E-state index in [2.05, 4.69) is 15.5 Å². The number of nitrogens with one attached hydrogen (secondary N) is 1. The molecule has 21 heavy (non-hydrogen) atoms. The van der Waals surface area contributed by atoms with Crippen LogP contribution in [0.5, 0.6) is 0 Å². The largest absolute Gasteiger partial charge is 0.378 e. The summed E-state index contributed by atoms with van der Waals surface area (Å²) in [7, 11) is 3.91. The molecule has 0 saturated heterocycles. The van der Waals surface area contributed by atoms with E-state index in [9.17, 15) is 4.79 Å². The molecular formula is C16H18N4O. The van der Waals surface area contributed by atoms with Crippen molar-refractivity contribution in [2.24, 2.45) is 5.10 Å². The maximum atomic E-state index is 12.0. The average molecular weight is 282 g/mol. The van der Waals surface area contributed by atoms with Crippen molar-refractivity contribution >= 4 is 17.3 Å². The second-order valence-electron chi connectivity index (χ2n) is 4.82. The second kappa shape index (κ2) is 6.65. The molecule has 1 N–H and O–H groups in total. The zero-order chi connectivity index (χ0) is 15.2. The lowest BCUT2D eigenvalue weighted by atomic mass is 10.2. The Morgan fingerprint density at radius 1 is 1.05 bits per heavy atom. The van der Waals surface area contributed by atoms with Crippen molar-refractivity contribution in [2.75, 3.05) is 19.0 Å². The molecule has 1 aromatic heterocycles. The first-order chi connectivity index (χ1) is 10.1. The summed E-state index contributed by atoms with van der Waals surface area (Å²) >= 11 is 0. The Balaban J connectivity index is 2.04. The molecule has 0 aliphatic carbocycles. The number of pyridine rings is 1. The van der Waals surface area contributed by atoms with E-state index in [1.165, 1.54) is 0 Å². The predicted octanol–water partition coefficient (Wildman–Crippen LogP) is 2.30. The molecule has 5 heteroatoms. The van der Waals surface area contributed by atoms with E-state index in [1.54, 1.807) is 24.5 Å². The van der Waals surface area contributed by atoms with Crippen molar-refractivity contribution in [1.82, 2.24) is 10.4 Å². The topological polar surface area (TPSA) is 57.6 Å². The minimum Gasteiger partial charge on any atom is -0.378 e. The third kappa shape index (κ3) is 3.89. The van der Waals surface area contributed by atoms with E-state index in [-0.39, 0.29) is 5.91 Å². The monoisotopic (exact) mass is 282 g/mol. The van der Waals surface area contributed by atoms with Crippen LogP contribution in [-0.4, -0.2) is 30.7 Å². The lowest BCUT2D eigenvalue weighted by Gasteiger charge is -2.12. The van der Waals surface area contributed by atoms with Gasteiger partial charge in [-0.15, -0.1) is 0 Å². The zero-order valence-corrected chi connectivity index (χ0v) is 12.4. The van der Waals surface area contributed by atoms with Gasteiger partial charge in [0.05, 0.1) is 5.71 Å². The Hall–Kier alpha value is -2.69. The molecule has 1 aromatic carbocycles. The van der Waals surface area contributed by atoms with E-state index >= 15 is 0 Å². The molecule has 2 aromatic rings. The van der Waals surface area contributed by atoms with Gasteiger partial charge in [0.2, 0.25) is 0 Å². The molecule has 108 valence electrons. The molecule has 2 rings (SSSR count). The van der Waals surface area contributed by atoms with Crippen LogP contribution in [0.4, 0.5) is 5.69 Å². The van der Waals surface area contributed by atoms with Crippen molar-refractivity contribution in [3.63, 3.8) is 0 Å². The Morgan fingerprint density at radius 3 is 2.24 bits per heavy atom. The Kier molecular flexibility index (Phi) is 4.66. The minimum atomic E-state index is -0.228.